The molecule has 3 aromatic rings. The van der Waals surface area contributed by atoms with E-state index in [0.717, 1.165) is 29.5 Å². The van der Waals surface area contributed by atoms with Crippen molar-refractivity contribution in [1.29, 1.82) is 0 Å². The summed E-state index contributed by atoms with van der Waals surface area (Å²) in [6.07, 6.45) is 4.75. The molecule has 0 saturated carbocycles. The topological polar surface area (TPSA) is 73.8 Å². The highest BCUT2D eigenvalue weighted by Gasteiger charge is 2.21. The van der Waals surface area contributed by atoms with Crippen LogP contribution in [-0.4, -0.2) is 25.0 Å². The van der Waals surface area contributed by atoms with Crippen LogP contribution in [0.4, 0.5) is 0 Å². The third kappa shape index (κ3) is 2.70. The average Bonchev–Trinajstić information content (AvgIpc) is 3.17. The zero-order valence-electron chi connectivity index (χ0n) is 12.9. The van der Waals surface area contributed by atoms with Crippen molar-refractivity contribution in [2.45, 2.75) is 50.1 Å². The minimum absolute atomic E-state index is 0.00865. The van der Waals surface area contributed by atoms with Gasteiger partial charge in [-0.1, -0.05) is 25.6 Å². The van der Waals surface area contributed by atoms with E-state index in [4.69, 9.17) is 4.42 Å². The molecule has 4 rings (SSSR count). The molecule has 3 heterocycles. The fraction of sp³-hybridized carbons (Fsp3) is 0.467. The molecule has 0 fully saturated rings. The van der Waals surface area contributed by atoms with Gasteiger partial charge < -0.3 is 4.42 Å². The highest BCUT2D eigenvalue weighted by atomic mass is 32.2. The van der Waals surface area contributed by atoms with Crippen LogP contribution in [0.15, 0.2) is 20.8 Å². The summed E-state index contributed by atoms with van der Waals surface area (Å²) in [4.78, 5) is 19.4. The lowest BCUT2D eigenvalue weighted by atomic mass is 10.2. The molecule has 0 saturated heterocycles. The van der Waals surface area contributed by atoms with Gasteiger partial charge in [0.05, 0.1) is 11.7 Å². The van der Waals surface area contributed by atoms with Crippen molar-refractivity contribution in [2.24, 2.45) is 0 Å². The second-order valence-corrected chi connectivity index (χ2v) is 8.45. The number of hydrogen-bond donors (Lipinski definition) is 0. The largest absolute Gasteiger partial charge is 0.414 e. The Labute approximate surface area is 140 Å². The van der Waals surface area contributed by atoms with Crippen LogP contribution in [0.3, 0.4) is 0 Å². The molecular weight excluding hydrogens is 332 g/mol. The third-order valence-electron chi connectivity index (χ3n) is 3.78. The first-order valence-electron chi connectivity index (χ1n) is 7.60. The highest BCUT2D eigenvalue weighted by molar-refractivity contribution is 7.99. The molecule has 0 atom stereocenters. The van der Waals surface area contributed by atoms with Gasteiger partial charge in [0.2, 0.25) is 5.89 Å². The van der Waals surface area contributed by atoms with Gasteiger partial charge >= 0.3 is 0 Å². The lowest BCUT2D eigenvalue weighted by molar-refractivity contribution is 0.401. The standard InChI is InChI=1S/C15H16N4O2S2/c1-8(2)22-15-18-17-11(21-15)6-19-7-16-13-12(14(19)20)9-4-3-5-10(9)23-13/h7-8H,3-6H2,1-2H3. The summed E-state index contributed by atoms with van der Waals surface area (Å²) < 4.78 is 7.16. The lowest BCUT2D eigenvalue weighted by Crippen LogP contribution is -2.21. The number of aryl methyl sites for hydroxylation is 2. The number of thiophene rings is 1. The Kier molecular flexibility index (Phi) is 3.73. The maximum atomic E-state index is 12.8. The molecule has 3 aromatic heterocycles. The van der Waals surface area contributed by atoms with E-state index >= 15 is 0 Å². The molecule has 6 nitrogen and oxygen atoms in total. The molecule has 23 heavy (non-hydrogen) atoms. The van der Waals surface area contributed by atoms with Gasteiger partial charge in [-0.25, -0.2) is 4.98 Å². The maximum Gasteiger partial charge on any atom is 0.276 e. The number of aromatic nitrogens is 4. The average molecular weight is 348 g/mol. The summed E-state index contributed by atoms with van der Waals surface area (Å²) in [5.74, 6) is 0.434. The van der Waals surface area contributed by atoms with Gasteiger partial charge in [0.25, 0.3) is 10.8 Å². The smallest absolute Gasteiger partial charge is 0.276 e. The summed E-state index contributed by atoms with van der Waals surface area (Å²) >= 11 is 3.16. The van der Waals surface area contributed by atoms with Crippen LogP contribution in [-0.2, 0) is 19.4 Å². The molecule has 1 aliphatic rings. The minimum atomic E-state index is -0.00865. The van der Waals surface area contributed by atoms with Crippen LogP contribution in [0.25, 0.3) is 10.2 Å². The van der Waals surface area contributed by atoms with Crippen molar-refractivity contribution < 1.29 is 4.42 Å². The first-order valence-corrected chi connectivity index (χ1v) is 9.30. The van der Waals surface area contributed by atoms with Crippen LogP contribution in [0.5, 0.6) is 0 Å². The van der Waals surface area contributed by atoms with E-state index in [0.29, 0.717) is 16.4 Å². The van der Waals surface area contributed by atoms with Crippen LogP contribution < -0.4 is 5.56 Å². The number of hydrogen-bond acceptors (Lipinski definition) is 7. The van der Waals surface area contributed by atoms with E-state index in [2.05, 4.69) is 29.0 Å². The predicted octanol–water partition coefficient (Wildman–Crippen LogP) is 2.88. The van der Waals surface area contributed by atoms with E-state index in [1.807, 2.05) is 0 Å². The molecule has 1 aliphatic carbocycles. The number of rotatable bonds is 4. The van der Waals surface area contributed by atoms with Gasteiger partial charge in [-0.2, -0.15) is 0 Å². The van der Waals surface area contributed by atoms with Crippen molar-refractivity contribution in [3.05, 3.63) is 33.0 Å². The summed E-state index contributed by atoms with van der Waals surface area (Å²) in [7, 11) is 0. The Hall–Kier alpha value is -1.67. The zero-order valence-corrected chi connectivity index (χ0v) is 14.5. The minimum Gasteiger partial charge on any atom is -0.414 e. The van der Waals surface area contributed by atoms with E-state index in [9.17, 15) is 4.79 Å². The number of fused-ring (bicyclic) bond motifs is 3. The Morgan fingerprint density at radius 1 is 1.39 bits per heavy atom. The Bertz CT molecular complexity index is 925. The zero-order chi connectivity index (χ0) is 16.0. The second-order valence-electron chi connectivity index (χ2n) is 5.84. The van der Waals surface area contributed by atoms with Gasteiger partial charge in [0, 0.05) is 10.1 Å². The molecule has 0 spiro atoms. The van der Waals surface area contributed by atoms with E-state index in [1.54, 1.807) is 22.2 Å². The van der Waals surface area contributed by atoms with Gasteiger partial charge in [0.15, 0.2) is 0 Å². The lowest BCUT2D eigenvalue weighted by Gasteiger charge is -2.02. The molecule has 8 heteroatoms. The molecule has 0 bridgehead atoms. The van der Waals surface area contributed by atoms with Crippen LogP contribution in [0.2, 0.25) is 0 Å². The predicted molar refractivity (Wildman–Crippen MR) is 90.3 cm³/mol. The molecule has 120 valence electrons. The Morgan fingerprint density at radius 3 is 3.09 bits per heavy atom. The van der Waals surface area contributed by atoms with Crippen molar-refractivity contribution in [3.63, 3.8) is 0 Å². The number of nitrogens with zero attached hydrogens (tertiary/aromatic N) is 4. The summed E-state index contributed by atoms with van der Waals surface area (Å²) in [5, 5.41) is 9.72. The molecule has 0 radical (unpaired) electrons. The fourth-order valence-electron chi connectivity index (χ4n) is 2.83. The fourth-order valence-corrected chi connectivity index (χ4v) is 4.68. The SMILES string of the molecule is CC(C)Sc1nnc(Cn2cnc3sc4c(c3c2=O)CCC4)o1. The first-order chi connectivity index (χ1) is 11.1. The maximum absolute atomic E-state index is 12.8. The van der Waals surface area contributed by atoms with Crippen LogP contribution in [0.1, 0.15) is 36.6 Å². The normalized spacial score (nSPS) is 14.0. The first kappa shape index (κ1) is 14.9. The van der Waals surface area contributed by atoms with Crippen LogP contribution in [0, 0.1) is 0 Å². The van der Waals surface area contributed by atoms with Gasteiger partial charge in [0.1, 0.15) is 11.4 Å². The molecular formula is C15H16N4O2S2. The number of thioether (sulfide) groups is 1. The van der Waals surface area contributed by atoms with Crippen molar-refractivity contribution in [1.82, 2.24) is 19.7 Å². The molecule has 0 aliphatic heterocycles. The van der Waals surface area contributed by atoms with E-state index < -0.39 is 0 Å². The van der Waals surface area contributed by atoms with E-state index in [1.165, 1.54) is 22.2 Å². The summed E-state index contributed by atoms with van der Waals surface area (Å²) in [6.45, 7) is 4.39. The molecule has 0 amide bonds. The molecule has 0 unspecified atom stereocenters. The monoisotopic (exact) mass is 348 g/mol. The van der Waals surface area contributed by atoms with Gasteiger partial charge in [-0.05, 0) is 24.8 Å². The second kappa shape index (κ2) is 5.76. The summed E-state index contributed by atoms with van der Waals surface area (Å²) in [5.41, 5.74) is 1.18. The molecule has 0 aromatic carbocycles. The van der Waals surface area contributed by atoms with Gasteiger partial charge in [-0.15, -0.1) is 21.5 Å². The van der Waals surface area contributed by atoms with Crippen molar-refractivity contribution in [3.8, 4) is 0 Å². The van der Waals surface area contributed by atoms with E-state index in [-0.39, 0.29) is 12.1 Å². The Morgan fingerprint density at radius 2 is 2.26 bits per heavy atom. The van der Waals surface area contributed by atoms with Gasteiger partial charge in [-0.3, -0.25) is 9.36 Å². The Balaban J connectivity index is 1.68. The summed E-state index contributed by atoms with van der Waals surface area (Å²) in [6, 6.07) is 0. The van der Waals surface area contributed by atoms with Crippen LogP contribution >= 0.6 is 23.1 Å². The van der Waals surface area contributed by atoms with Crippen molar-refractivity contribution >= 4 is 33.3 Å². The highest BCUT2D eigenvalue weighted by Crippen LogP contribution is 2.34. The molecule has 0 N–H and O–H groups in total. The van der Waals surface area contributed by atoms with Crippen molar-refractivity contribution in [2.75, 3.05) is 0 Å². The quantitative estimate of drug-likeness (QED) is 0.675. The third-order valence-corrected chi connectivity index (χ3v) is 5.82.